The Morgan fingerprint density at radius 1 is 1.10 bits per heavy atom. The smallest absolute Gasteiger partial charge is 1.00 e. The summed E-state index contributed by atoms with van der Waals surface area (Å²) in [7, 11) is 0. The van der Waals surface area contributed by atoms with E-state index in [1.54, 1.807) is 0 Å². The van der Waals surface area contributed by atoms with Gasteiger partial charge in [-0.3, -0.25) is 0 Å². The molecule has 0 atom stereocenters. The Balaban J connectivity index is 0. The van der Waals surface area contributed by atoms with Gasteiger partial charge in [0.25, 0.3) is 0 Å². The number of hydrogen-bond donors (Lipinski definition) is 0. The van der Waals surface area contributed by atoms with Gasteiger partial charge in [-0.25, -0.2) is 0 Å². The molecule has 0 radical (unpaired) electrons. The molecular weight excluding hydrogens is 309 g/mol. The van der Waals surface area contributed by atoms with Crippen molar-refractivity contribution in [1.29, 1.82) is 0 Å². The van der Waals surface area contributed by atoms with Crippen LogP contribution in [0.2, 0.25) is 0 Å². The van der Waals surface area contributed by atoms with E-state index in [4.69, 9.17) is 0 Å². The van der Waals surface area contributed by atoms with Crippen molar-refractivity contribution >= 4 is 15.9 Å². The molecule has 0 aliphatic heterocycles. The molecule has 0 saturated carbocycles. The quantitative estimate of drug-likeness (QED) is 0.453. The third-order valence-corrected chi connectivity index (χ3v) is 1.44. The predicted octanol–water partition coefficient (Wildman–Crippen LogP) is -0.367. The van der Waals surface area contributed by atoms with E-state index >= 15 is 0 Å². The third-order valence-electron chi connectivity index (χ3n) is 0.913. The van der Waals surface area contributed by atoms with Crippen LogP contribution in [0.5, 0.6) is 0 Å². The fourth-order valence-corrected chi connectivity index (χ4v) is 0.749. The Morgan fingerprint density at radius 2 is 1.50 bits per heavy atom. The summed E-state index contributed by atoms with van der Waals surface area (Å²) in [6.45, 7) is 3.74. The second kappa shape index (κ2) is 6.39. The summed E-state index contributed by atoms with van der Waals surface area (Å²) >= 11 is 3.32. The summed E-state index contributed by atoms with van der Waals surface area (Å²) in [5.74, 6) is 0. The van der Waals surface area contributed by atoms with Gasteiger partial charge in [0.15, 0.2) is 0 Å². The standard InChI is InChI=1S/C7H6Br.BrH.Zn/c1-6-2-4-7(8)5-3-6;;/h2-5H,1H2;1H;/q-1;;+2/p-1. The van der Waals surface area contributed by atoms with E-state index in [1.807, 2.05) is 24.3 Å². The topological polar surface area (TPSA) is 0 Å². The minimum Gasteiger partial charge on any atom is -1.00 e. The van der Waals surface area contributed by atoms with Crippen molar-refractivity contribution < 1.29 is 36.5 Å². The molecule has 0 bridgehead atoms. The molecule has 0 aliphatic rings. The molecule has 1 aromatic carbocycles. The Labute approximate surface area is 93.1 Å². The van der Waals surface area contributed by atoms with Crippen molar-refractivity contribution in [2.45, 2.75) is 0 Å². The molecule has 1 aromatic rings. The van der Waals surface area contributed by atoms with Gasteiger partial charge in [0.2, 0.25) is 0 Å². The van der Waals surface area contributed by atoms with E-state index in [0.717, 1.165) is 10.0 Å². The van der Waals surface area contributed by atoms with Crippen molar-refractivity contribution in [3.63, 3.8) is 0 Å². The summed E-state index contributed by atoms with van der Waals surface area (Å²) in [6, 6.07) is 7.87. The van der Waals surface area contributed by atoms with Crippen LogP contribution in [0.4, 0.5) is 0 Å². The Hall–Kier alpha value is 0.673. The average molecular weight is 315 g/mol. The molecule has 10 heavy (non-hydrogen) atoms. The van der Waals surface area contributed by atoms with E-state index in [-0.39, 0.29) is 36.5 Å². The van der Waals surface area contributed by atoms with Crippen LogP contribution in [0.25, 0.3) is 0 Å². The van der Waals surface area contributed by atoms with E-state index in [9.17, 15) is 0 Å². The largest absolute Gasteiger partial charge is 2.00 e. The van der Waals surface area contributed by atoms with Gasteiger partial charge >= 0.3 is 19.5 Å². The van der Waals surface area contributed by atoms with Gasteiger partial charge in [0.05, 0.1) is 0 Å². The van der Waals surface area contributed by atoms with Gasteiger partial charge in [-0.2, -0.15) is 24.6 Å². The van der Waals surface area contributed by atoms with Crippen LogP contribution in [0.15, 0.2) is 28.7 Å². The van der Waals surface area contributed by atoms with Crippen LogP contribution in [0.1, 0.15) is 5.56 Å². The monoisotopic (exact) mass is 312 g/mol. The maximum Gasteiger partial charge on any atom is 2.00 e. The van der Waals surface area contributed by atoms with Crippen LogP contribution in [-0.2, 0) is 19.5 Å². The first-order chi connectivity index (χ1) is 3.79. The zero-order valence-electron chi connectivity index (χ0n) is 5.48. The van der Waals surface area contributed by atoms with E-state index in [1.165, 1.54) is 0 Å². The summed E-state index contributed by atoms with van der Waals surface area (Å²) in [5.41, 5.74) is 1.05. The van der Waals surface area contributed by atoms with Crippen LogP contribution < -0.4 is 17.0 Å². The fraction of sp³-hybridized carbons (Fsp3) is 0. The molecule has 0 unspecified atom stereocenters. The number of benzene rings is 1. The van der Waals surface area contributed by atoms with Gasteiger partial charge in [-0.05, 0) is 4.47 Å². The molecule has 0 aromatic heterocycles. The molecule has 0 heterocycles. The van der Waals surface area contributed by atoms with E-state index in [0.29, 0.717) is 0 Å². The van der Waals surface area contributed by atoms with Crippen molar-refractivity contribution in [3.8, 4) is 0 Å². The first-order valence-electron chi connectivity index (χ1n) is 2.36. The minimum atomic E-state index is 0. The molecule has 0 aliphatic carbocycles. The fourth-order valence-electron chi connectivity index (χ4n) is 0.484. The minimum absolute atomic E-state index is 0. The van der Waals surface area contributed by atoms with Gasteiger partial charge in [0.1, 0.15) is 0 Å². The second-order valence-electron chi connectivity index (χ2n) is 1.63. The SMILES string of the molecule is [Br-].[CH2-]c1ccc(Br)cc1.[Zn+2]. The van der Waals surface area contributed by atoms with Gasteiger partial charge in [-0.15, -0.1) is 12.1 Å². The molecule has 0 N–H and O–H groups in total. The zero-order valence-corrected chi connectivity index (χ0v) is 11.6. The van der Waals surface area contributed by atoms with Crippen molar-refractivity contribution in [1.82, 2.24) is 0 Å². The zero-order chi connectivity index (χ0) is 5.98. The predicted molar refractivity (Wildman–Crippen MR) is 38.6 cm³/mol. The number of hydrogen-bond acceptors (Lipinski definition) is 0. The molecule has 50 valence electrons. The molecule has 1 rings (SSSR count). The number of halogens is 2. The maximum atomic E-state index is 3.74. The van der Waals surface area contributed by atoms with Gasteiger partial charge < -0.3 is 17.0 Å². The normalized spacial score (nSPS) is 7.30. The van der Waals surface area contributed by atoms with Crippen LogP contribution >= 0.6 is 15.9 Å². The molecule has 0 amide bonds. The first-order valence-corrected chi connectivity index (χ1v) is 3.16. The molecule has 0 spiro atoms. The van der Waals surface area contributed by atoms with Gasteiger partial charge in [-0.1, -0.05) is 15.9 Å². The summed E-state index contributed by atoms with van der Waals surface area (Å²) in [6.07, 6.45) is 0. The molecule has 0 nitrogen and oxygen atoms in total. The van der Waals surface area contributed by atoms with Crippen LogP contribution in [-0.4, -0.2) is 0 Å². The first kappa shape index (κ1) is 13.3. The summed E-state index contributed by atoms with van der Waals surface area (Å²) in [4.78, 5) is 0. The second-order valence-corrected chi connectivity index (χ2v) is 2.54. The average Bonchev–Trinajstić information content (AvgIpc) is 1.77. The molecule has 0 fully saturated rings. The summed E-state index contributed by atoms with van der Waals surface area (Å²) < 4.78 is 1.10. The summed E-state index contributed by atoms with van der Waals surface area (Å²) in [5, 5.41) is 0. The maximum absolute atomic E-state index is 3.74. The van der Waals surface area contributed by atoms with Crippen LogP contribution in [0, 0.1) is 6.92 Å². The Morgan fingerprint density at radius 3 is 1.80 bits per heavy atom. The van der Waals surface area contributed by atoms with Crippen molar-refractivity contribution in [2.24, 2.45) is 0 Å². The number of rotatable bonds is 0. The van der Waals surface area contributed by atoms with Crippen molar-refractivity contribution in [2.75, 3.05) is 0 Å². The Kier molecular flexibility index (Phi) is 8.48. The third kappa shape index (κ3) is 4.48. The Bertz CT molecular complexity index is 150. The van der Waals surface area contributed by atoms with Gasteiger partial charge in [0, 0.05) is 0 Å². The van der Waals surface area contributed by atoms with E-state index in [2.05, 4.69) is 22.9 Å². The molecule has 3 heteroatoms. The van der Waals surface area contributed by atoms with Crippen LogP contribution in [0.3, 0.4) is 0 Å². The van der Waals surface area contributed by atoms with Crippen molar-refractivity contribution in [3.05, 3.63) is 41.2 Å². The van der Waals surface area contributed by atoms with E-state index < -0.39 is 0 Å². The molecule has 0 saturated heterocycles. The molecular formula is C7H6Br2Zn.